The highest BCUT2D eigenvalue weighted by Gasteiger charge is 2.65. The van der Waals surface area contributed by atoms with Crippen LogP contribution in [0.25, 0.3) is 0 Å². The van der Waals surface area contributed by atoms with Gasteiger partial charge in [-0.2, -0.15) is 0 Å². The van der Waals surface area contributed by atoms with Gasteiger partial charge in [-0.3, -0.25) is 9.59 Å². The average Bonchev–Trinajstić information content (AvgIpc) is 3.04. The van der Waals surface area contributed by atoms with E-state index < -0.39 is 5.60 Å². The second-order valence-corrected chi connectivity index (χ2v) is 11.2. The summed E-state index contributed by atoms with van der Waals surface area (Å²) < 4.78 is 0. The van der Waals surface area contributed by atoms with Crippen LogP contribution >= 0.6 is 0 Å². The standard InChI is InChI=1S/C26H40O3/c1-5-19(27)8-6-17(2)21-10-11-22-23-9-7-18-16-20(28)12-13-25(18,4)26(23,29)15-14-24(21,22)3/h16-17,21-23,29H,5-15H2,1-4H3/t17-,21-,22+,23+,24-,25+,26-/m1/s1. The molecule has 0 unspecified atom stereocenters. The maximum Gasteiger partial charge on any atom is 0.155 e. The summed E-state index contributed by atoms with van der Waals surface area (Å²) in [5, 5.41) is 12.1. The molecule has 3 fully saturated rings. The van der Waals surface area contributed by atoms with Gasteiger partial charge in [-0.25, -0.2) is 0 Å². The largest absolute Gasteiger partial charge is 0.389 e. The van der Waals surface area contributed by atoms with Crippen molar-refractivity contribution >= 4 is 11.6 Å². The Morgan fingerprint density at radius 3 is 2.62 bits per heavy atom. The minimum atomic E-state index is -0.654. The fraction of sp³-hybridized carbons (Fsp3) is 0.846. The zero-order valence-electron chi connectivity index (χ0n) is 18.9. The van der Waals surface area contributed by atoms with E-state index in [-0.39, 0.29) is 16.6 Å². The van der Waals surface area contributed by atoms with Crippen LogP contribution in [0.2, 0.25) is 0 Å². The van der Waals surface area contributed by atoms with Crippen LogP contribution < -0.4 is 0 Å². The summed E-state index contributed by atoms with van der Waals surface area (Å²) in [7, 11) is 0. The molecular formula is C26H40O3. The summed E-state index contributed by atoms with van der Waals surface area (Å²) in [5.74, 6) is 2.81. The van der Waals surface area contributed by atoms with E-state index in [4.69, 9.17) is 0 Å². The Kier molecular flexibility index (Phi) is 5.37. The number of hydrogen-bond acceptors (Lipinski definition) is 3. The molecule has 3 nitrogen and oxygen atoms in total. The molecule has 0 amide bonds. The smallest absolute Gasteiger partial charge is 0.155 e. The summed E-state index contributed by atoms with van der Waals surface area (Å²) in [4.78, 5) is 23.9. The molecule has 0 spiro atoms. The molecule has 7 atom stereocenters. The van der Waals surface area contributed by atoms with Crippen molar-refractivity contribution in [1.29, 1.82) is 0 Å². The Hall–Kier alpha value is -0.960. The third-order valence-corrected chi connectivity index (χ3v) is 10.2. The highest BCUT2D eigenvalue weighted by atomic mass is 16.3. The second kappa shape index (κ2) is 7.32. The molecule has 0 saturated heterocycles. The van der Waals surface area contributed by atoms with Gasteiger partial charge in [0, 0.05) is 24.7 Å². The van der Waals surface area contributed by atoms with E-state index in [1.165, 1.54) is 18.4 Å². The molecule has 162 valence electrons. The normalized spacial score (nSPS) is 45.1. The topological polar surface area (TPSA) is 54.4 Å². The highest BCUT2D eigenvalue weighted by Crippen LogP contribution is 2.69. The number of carbonyl (C=O) groups is 2. The number of Topliss-reactive ketones (excluding diaryl/α,β-unsaturated/α-hetero) is 1. The van der Waals surface area contributed by atoms with Crippen molar-refractivity contribution in [3.8, 4) is 0 Å². The number of ketones is 2. The molecule has 4 aliphatic rings. The molecule has 3 heteroatoms. The number of aliphatic hydroxyl groups is 1. The SMILES string of the molecule is CCC(=O)CC[C@@H](C)[C@H]1CC[C@H]2[C@@H]3CCC4=CC(=O)CC[C@]4(C)[C@@]3(O)CC[C@]12C. The molecule has 0 aromatic heterocycles. The van der Waals surface area contributed by atoms with Gasteiger partial charge < -0.3 is 5.11 Å². The first-order valence-electron chi connectivity index (χ1n) is 12.1. The predicted molar refractivity (Wildman–Crippen MR) is 115 cm³/mol. The first kappa shape index (κ1) is 21.3. The third kappa shape index (κ3) is 3.09. The van der Waals surface area contributed by atoms with Crippen molar-refractivity contribution < 1.29 is 14.7 Å². The van der Waals surface area contributed by atoms with Gasteiger partial charge in [-0.05, 0) is 86.5 Å². The van der Waals surface area contributed by atoms with Crippen LogP contribution in [0.15, 0.2) is 11.6 Å². The minimum absolute atomic E-state index is 0.220. The zero-order valence-corrected chi connectivity index (χ0v) is 18.9. The maximum atomic E-state index is 12.1. The van der Waals surface area contributed by atoms with Gasteiger partial charge in [0.1, 0.15) is 5.78 Å². The van der Waals surface area contributed by atoms with Gasteiger partial charge in [0.2, 0.25) is 0 Å². The van der Waals surface area contributed by atoms with Crippen LogP contribution in [0.4, 0.5) is 0 Å². The number of carbonyl (C=O) groups excluding carboxylic acids is 2. The summed E-state index contributed by atoms with van der Waals surface area (Å²) in [6, 6.07) is 0. The van der Waals surface area contributed by atoms with E-state index in [9.17, 15) is 14.7 Å². The van der Waals surface area contributed by atoms with Gasteiger partial charge >= 0.3 is 0 Å². The molecule has 0 heterocycles. The van der Waals surface area contributed by atoms with Crippen LogP contribution in [0.1, 0.15) is 98.3 Å². The van der Waals surface area contributed by atoms with Crippen molar-refractivity contribution in [2.45, 2.75) is 104 Å². The van der Waals surface area contributed by atoms with E-state index >= 15 is 0 Å². The molecule has 1 N–H and O–H groups in total. The number of hydrogen-bond donors (Lipinski definition) is 1. The lowest BCUT2D eigenvalue weighted by Crippen LogP contribution is -2.63. The molecular weight excluding hydrogens is 360 g/mol. The molecule has 0 radical (unpaired) electrons. The van der Waals surface area contributed by atoms with Crippen LogP contribution in [0.5, 0.6) is 0 Å². The van der Waals surface area contributed by atoms with Gasteiger partial charge in [-0.15, -0.1) is 0 Å². The molecule has 4 aliphatic carbocycles. The zero-order chi connectivity index (χ0) is 21.0. The third-order valence-electron chi connectivity index (χ3n) is 10.2. The molecule has 4 rings (SSSR count). The van der Waals surface area contributed by atoms with Crippen LogP contribution in [0.3, 0.4) is 0 Å². The minimum Gasteiger partial charge on any atom is -0.389 e. The Balaban J connectivity index is 1.57. The van der Waals surface area contributed by atoms with E-state index in [2.05, 4.69) is 20.8 Å². The summed E-state index contributed by atoms with van der Waals surface area (Å²) in [6.07, 6.45) is 12.1. The van der Waals surface area contributed by atoms with Crippen LogP contribution in [-0.2, 0) is 9.59 Å². The first-order chi connectivity index (χ1) is 13.7. The van der Waals surface area contributed by atoms with E-state index in [0.717, 1.165) is 44.9 Å². The molecule has 0 bridgehead atoms. The first-order valence-corrected chi connectivity index (χ1v) is 12.1. The second-order valence-electron chi connectivity index (χ2n) is 11.2. The maximum absolute atomic E-state index is 12.1. The van der Waals surface area contributed by atoms with Crippen LogP contribution in [-0.4, -0.2) is 22.3 Å². The predicted octanol–water partition coefficient (Wildman–Crippen LogP) is 5.64. The number of fused-ring (bicyclic) bond motifs is 5. The summed E-state index contributed by atoms with van der Waals surface area (Å²) in [6.45, 7) is 9.06. The van der Waals surface area contributed by atoms with Crippen molar-refractivity contribution in [2.24, 2.45) is 34.5 Å². The van der Waals surface area contributed by atoms with E-state index in [0.29, 0.717) is 42.3 Å². The van der Waals surface area contributed by atoms with Crippen LogP contribution in [0, 0.1) is 34.5 Å². The Bertz CT molecular complexity index is 723. The fourth-order valence-corrected chi connectivity index (χ4v) is 8.24. The summed E-state index contributed by atoms with van der Waals surface area (Å²) >= 11 is 0. The van der Waals surface area contributed by atoms with Gasteiger partial charge in [-0.1, -0.05) is 33.3 Å². The van der Waals surface area contributed by atoms with Gasteiger partial charge in [0.25, 0.3) is 0 Å². The lowest BCUT2D eigenvalue weighted by Gasteiger charge is -2.63. The molecule has 0 aromatic rings. The van der Waals surface area contributed by atoms with Crippen molar-refractivity contribution in [2.75, 3.05) is 0 Å². The van der Waals surface area contributed by atoms with Crippen molar-refractivity contribution in [3.05, 3.63) is 11.6 Å². The molecule has 3 saturated carbocycles. The van der Waals surface area contributed by atoms with Gasteiger partial charge in [0.05, 0.1) is 5.60 Å². The molecule has 29 heavy (non-hydrogen) atoms. The fourth-order valence-electron chi connectivity index (χ4n) is 8.24. The lowest BCUT2D eigenvalue weighted by atomic mass is 9.44. The Morgan fingerprint density at radius 1 is 1.14 bits per heavy atom. The quantitative estimate of drug-likeness (QED) is 0.649. The van der Waals surface area contributed by atoms with Crippen molar-refractivity contribution in [3.63, 3.8) is 0 Å². The Morgan fingerprint density at radius 2 is 1.90 bits per heavy atom. The van der Waals surface area contributed by atoms with E-state index in [1.54, 1.807) is 0 Å². The van der Waals surface area contributed by atoms with E-state index in [1.807, 2.05) is 13.0 Å². The Labute approximate surface area is 176 Å². The average molecular weight is 401 g/mol. The number of rotatable bonds is 5. The summed E-state index contributed by atoms with van der Waals surface area (Å²) in [5.41, 5.74) is 0.631. The molecule has 0 aliphatic heterocycles. The van der Waals surface area contributed by atoms with Crippen molar-refractivity contribution in [1.82, 2.24) is 0 Å². The highest BCUT2D eigenvalue weighted by molar-refractivity contribution is 5.91. The molecule has 0 aromatic carbocycles. The monoisotopic (exact) mass is 400 g/mol. The lowest BCUT2D eigenvalue weighted by molar-refractivity contribution is -0.193. The van der Waals surface area contributed by atoms with Gasteiger partial charge in [0.15, 0.2) is 5.78 Å².